The quantitative estimate of drug-likeness (QED) is 0.391. The molecule has 0 amide bonds. The number of nitrogens with zero attached hydrogens (tertiary/aromatic N) is 6. The molecule has 0 spiro atoms. The second-order valence-electron chi connectivity index (χ2n) is 12.6. The highest BCUT2D eigenvalue weighted by molar-refractivity contribution is 5.81. The molecule has 0 radical (unpaired) electrons. The van der Waals surface area contributed by atoms with Crippen LogP contribution in [0.2, 0.25) is 0 Å². The maximum absolute atomic E-state index is 6.49. The summed E-state index contributed by atoms with van der Waals surface area (Å²) in [6, 6.07) is 7.16. The Hall–Kier alpha value is -3.08. The van der Waals surface area contributed by atoms with Gasteiger partial charge in [0.25, 0.3) is 0 Å². The molecule has 3 aliphatic rings. The van der Waals surface area contributed by atoms with Gasteiger partial charge in [0.15, 0.2) is 11.5 Å². The minimum atomic E-state index is -0.163. The predicted molar refractivity (Wildman–Crippen MR) is 149 cm³/mol. The first kappa shape index (κ1) is 24.9. The van der Waals surface area contributed by atoms with E-state index >= 15 is 0 Å². The highest BCUT2D eigenvalue weighted by Gasteiger charge is 2.47. The van der Waals surface area contributed by atoms with Crippen molar-refractivity contribution in [3.8, 4) is 0 Å². The summed E-state index contributed by atoms with van der Waals surface area (Å²) in [6.07, 6.45) is 8.59. The number of aromatic nitrogens is 6. The number of aryl methyl sites for hydroxylation is 1. The number of aromatic amines is 1. The molecule has 10 nitrogen and oxygen atoms in total. The molecule has 1 saturated carbocycles. The number of imidazole rings is 2. The van der Waals surface area contributed by atoms with Crippen LogP contribution in [0.4, 0.5) is 5.82 Å². The summed E-state index contributed by atoms with van der Waals surface area (Å²) in [5, 5.41) is 0. The van der Waals surface area contributed by atoms with Crippen LogP contribution in [0.5, 0.6) is 0 Å². The molecule has 2 saturated heterocycles. The first-order chi connectivity index (χ1) is 18.7. The lowest BCUT2D eigenvalue weighted by atomic mass is 9.76. The van der Waals surface area contributed by atoms with E-state index in [-0.39, 0.29) is 30.1 Å². The minimum absolute atomic E-state index is 0.0374. The lowest BCUT2D eigenvalue weighted by Crippen LogP contribution is -2.58. The van der Waals surface area contributed by atoms with E-state index in [2.05, 4.69) is 70.7 Å². The third-order valence-corrected chi connectivity index (χ3v) is 8.97. The van der Waals surface area contributed by atoms with Gasteiger partial charge in [-0.3, -0.25) is 9.47 Å². The molecular formula is C29H38N8O2. The molecule has 10 heteroatoms. The average Bonchev–Trinajstić information content (AvgIpc) is 3.58. The van der Waals surface area contributed by atoms with E-state index in [9.17, 15) is 0 Å². The highest BCUT2D eigenvalue weighted by atomic mass is 16.6. The van der Waals surface area contributed by atoms with Crippen LogP contribution in [-0.4, -0.2) is 65.4 Å². The van der Waals surface area contributed by atoms with Crippen molar-refractivity contribution in [2.75, 3.05) is 12.3 Å². The third-order valence-electron chi connectivity index (χ3n) is 8.97. The molecule has 1 aliphatic carbocycles. The van der Waals surface area contributed by atoms with Gasteiger partial charge in [-0.25, -0.2) is 19.9 Å². The highest BCUT2D eigenvalue weighted by Crippen LogP contribution is 2.42. The SMILES string of the molecule is CC1O[C@H]2C[C@H](n3cnc4c(N)ncnc43)O[C@@H]2CN1[C@H]1C[C@@H](CCc2nc3cc(C(C)(C)C)ccc3[nH]2)C1. The van der Waals surface area contributed by atoms with Gasteiger partial charge in [-0.2, -0.15) is 0 Å². The number of nitrogens with two attached hydrogens (primary N) is 1. The van der Waals surface area contributed by atoms with Crippen LogP contribution in [-0.2, 0) is 21.3 Å². The zero-order valence-electron chi connectivity index (χ0n) is 23.2. The van der Waals surface area contributed by atoms with E-state index in [1.165, 1.54) is 24.7 Å². The monoisotopic (exact) mass is 530 g/mol. The van der Waals surface area contributed by atoms with E-state index in [0.29, 0.717) is 23.0 Å². The second-order valence-corrected chi connectivity index (χ2v) is 12.6. The molecular weight excluding hydrogens is 492 g/mol. The van der Waals surface area contributed by atoms with Crippen molar-refractivity contribution in [2.24, 2.45) is 5.92 Å². The van der Waals surface area contributed by atoms with Crippen molar-refractivity contribution in [1.82, 2.24) is 34.4 Å². The van der Waals surface area contributed by atoms with Gasteiger partial charge in [0.2, 0.25) is 0 Å². The topological polar surface area (TPSA) is 120 Å². The van der Waals surface area contributed by atoms with Gasteiger partial charge in [0.1, 0.15) is 30.1 Å². The fourth-order valence-corrected chi connectivity index (χ4v) is 6.58. The maximum Gasteiger partial charge on any atom is 0.167 e. The standard InChI is InChI=1S/C29H38N8O2/c1-16-36(13-23-22(38-16)12-25(39-23)37-15-33-26-27(30)31-14-32-28(26)37)19-9-17(10-19)5-8-24-34-20-7-6-18(29(2,3)4)11-21(20)35-24/h6-7,11,14-17,19,22-23,25H,5,8-10,12-13H2,1-4H3,(H,34,35)(H2,30,31,32)/t16?,17-,19+,22-,23+,25+/m0/s1. The summed E-state index contributed by atoms with van der Waals surface area (Å²) in [7, 11) is 0. The maximum atomic E-state index is 6.49. The molecule has 4 atom stereocenters. The number of nitrogen functional groups attached to an aromatic ring is 1. The van der Waals surface area contributed by atoms with Crippen molar-refractivity contribution < 1.29 is 9.47 Å². The Balaban J connectivity index is 0.942. The summed E-state index contributed by atoms with van der Waals surface area (Å²) in [5.74, 6) is 2.21. The number of nitrogens with one attached hydrogen (secondary N) is 1. The fraction of sp³-hybridized carbons (Fsp3) is 0.586. The normalized spacial score (nSPS) is 29.6. The van der Waals surface area contributed by atoms with Gasteiger partial charge < -0.3 is 20.2 Å². The van der Waals surface area contributed by atoms with Crippen molar-refractivity contribution >= 4 is 28.0 Å². The molecule has 3 fully saturated rings. The molecule has 2 aliphatic heterocycles. The molecule has 1 aromatic carbocycles. The van der Waals surface area contributed by atoms with Crippen LogP contribution in [0.15, 0.2) is 30.9 Å². The number of fused-ring (bicyclic) bond motifs is 3. The Bertz CT molecular complexity index is 1500. The van der Waals surface area contributed by atoms with Gasteiger partial charge in [-0.15, -0.1) is 0 Å². The summed E-state index contributed by atoms with van der Waals surface area (Å²) < 4.78 is 14.9. The van der Waals surface area contributed by atoms with Crippen LogP contribution in [0.3, 0.4) is 0 Å². The molecule has 39 heavy (non-hydrogen) atoms. The Labute approximate surface area is 228 Å². The third kappa shape index (κ3) is 4.48. The van der Waals surface area contributed by atoms with Gasteiger partial charge in [0, 0.05) is 25.4 Å². The van der Waals surface area contributed by atoms with E-state index < -0.39 is 0 Å². The average molecular weight is 531 g/mol. The van der Waals surface area contributed by atoms with E-state index in [1.807, 2.05) is 4.57 Å². The first-order valence-corrected chi connectivity index (χ1v) is 14.2. The van der Waals surface area contributed by atoms with Crippen molar-refractivity contribution in [3.05, 3.63) is 42.2 Å². The van der Waals surface area contributed by atoms with Gasteiger partial charge in [0.05, 0.1) is 29.6 Å². The lowest BCUT2D eigenvalue weighted by molar-refractivity contribution is -0.191. The van der Waals surface area contributed by atoms with Crippen molar-refractivity contribution in [2.45, 2.75) is 95.9 Å². The Kier molecular flexibility index (Phi) is 5.91. The zero-order chi connectivity index (χ0) is 26.9. The lowest BCUT2D eigenvalue weighted by Gasteiger charge is -2.49. The smallest absolute Gasteiger partial charge is 0.167 e. The summed E-state index contributed by atoms with van der Waals surface area (Å²) in [6.45, 7) is 9.80. The van der Waals surface area contributed by atoms with Crippen LogP contribution >= 0.6 is 0 Å². The van der Waals surface area contributed by atoms with Crippen LogP contribution < -0.4 is 5.73 Å². The van der Waals surface area contributed by atoms with E-state index in [0.717, 1.165) is 48.6 Å². The number of hydrogen-bond donors (Lipinski definition) is 2. The van der Waals surface area contributed by atoms with Gasteiger partial charge in [-0.05, 0) is 55.2 Å². The minimum Gasteiger partial charge on any atom is -0.382 e. The Morgan fingerprint density at radius 3 is 2.74 bits per heavy atom. The van der Waals surface area contributed by atoms with E-state index in [4.69, 9.17) is 20.2 Å². The predicted octanol–water partition coefficient (Wildman–Crippen LogP) is 4.33. The van der Waals surface area contributed by atoms with Crippen molar-refractivity contribution in [3.63, 3.8) is 0 Å². The molecule has 3 aromatic heterocycles. The van der Waals surface area contributed by atoms with Gasteiger partial charge in [-0.1, -0.05) is 26.8 Å². The molecule has 0 bridgehead atoms. The number of hydrogen-bond acceptors (Lipinski definition) is 8. The van der Waals surface area contributed by atoms with Crippen molar-refractivity contribution in [1.29, 1.82) is 0 Å². The Morgan fingerprint density at radius 2 is 1.92 bits per heavy atom. The molecule has 1 unspecified atom stereocenters. The molecule has 3 N–H and O–H groups in total. The van der Waals surface area contributed by atoms with E-state index in [1.54, 1.807) is 6.33 Å². The summed E-state index contributed by atoms with van der Waals surface area (Å²) in [4.78, 5) is 23.8. The number of rotatable bonds is 5. The van der Waals surface area contributed by atoms with Gasteiger partial charge >= 0.3 is 0 Å². The number of ether oxygens (including phenoxy) is 2. The molecule has 4 aromatic rings. The number of H-pyrrole nitrogens is 1. The zero-order valence-corrected chi connectivity index (χ0v) is 23.2. The molecule has 7 rings (SSSR count). The van der Waals surface area contributed by atoms with Crippen LogP contribution in [0.1, 0.15) is 71.0 Å². The second kappa shape index (κ2) is 9.25. The largest absolute Gasteiger partial charge is 0.382 e. The fourth-order valence-electron chi connectivity index (χ4n) is 6.58. The number of benzene rings is 1. The summed E-state index contributed by atoms with van der Waals surface area (Å²) in [5.41, 5.74) is 11.0. The molecule has 5 heterocycles. The summed E-state index contributed by atoms with van der Waals surface area (Å²) >= 11 is 0. The Morgan fingerprint density at radius 1 is 1.08 bits per heavy atom. The van der Waals surface area contributed by atoms with Crippen LogP contribution in [0.25, 0.3) is 22.2 Å². The number of anilines is 1. The first-order valence-electron chi connectivity index (χ1n) is 14.2. The van der Waals surface area contributed by atoms with Crippen LogP contribution in [0, 0.1) is 5.92 Å². The molecule has 206 valence electrons.